The van der Waals surface area contributed by atoms with Crippen LogP contribution in [-0.4, -0.2) is 35.0 Å². The first-order valence-electron chi connectivity index (χ1n) is 5.73. The van der Waals surface area contributed by atoms with Gasteiger partial charge in [-0.25, -0.2) is 0 Å². The Hall–Kier alpha value is 0.0700. The van der Waals surface area contributed by atoms with Crippen LogP contribution in [0.15, 0.2) is 0 Å². The summed E-state index contributed by atoms with van der Waals surface area (Å²) < 4.78 is 17.0. The van der Waals surface area contributed by atoms with Gasteiger partial charge in [-0.2, -0.15) is 0 Å². The van der Waals surface area contributed by atoms with Gasteiger partial charge in [-0.05, 0) is 25.3 Å². The van der Waals surface area contributed by atoms with Crippen LogP contribution < -0.4 is 5.73 Å². The van der Waals surface area contributed by atoms with E-state index < -0.39 is 10.8 Å². The molecule has 0 rings (SSSR count). The van der Waals surface area contributed by atoms with E-state index in [2.05, 4.69) is 13.8 Å². The molecule has 2 unspecified atom stereocenters. The molecule has 0 heterocycles. The molecule has 15 heavy (non-hydrogen) atoms. The van der Waals surface area contributed by atoms with Crippen molar-refractivity contribution in [3.05, 3.63) is 0 Å². The minimum atomic E-state index is -0.784. The largest absolute Gasteiger partial charge is 0.380 e. The molecule has 0 saturated heterocycles. The molecular formula is C11H25NO2S. The van der Waals surface area contributed by atoms with E-state index in [-0.39, 0.29) is 5.25 Å². The van der Waals surface area contributed by atoms with Crippen molar-refractivity contribution in [2.24, 2.45) is 11.7 Å². The summed E-state index contributed by atoms with van der Waals surface area (Å²) in [6, 6.07) is 0. The van der Waals surface area contributed by atoms with Gasteiger partial charge in [0.05, 0.1) is 6.61 Å². The summed E-state index contributed by atoms with van der Waals surface area (Å²) in [6.45, 7) is 8.32. The molecule has 0 saturated carbocycles. The molecular weight excluding hydrogens is 210 g/mol. The highest BCUT2D eigenvalue weighted by atomic mass is 32.2. The highest BCUT2D eigenvalue weighted by molar-refractivity contribution is 7.85. The van der Waals surface area contributed by atoms with E-state index >= 15 is 0 Å². The van der Waals surface area contributed by atoms with E-state index in [4.69, 9.17) is 10.5 Å². The number of hydrogen-bond donors (Lipinski definition) is 1. The van der Waals surface area contributed by atoms with Crippen molar-refractivity contribution in [3.8, 4) is 0 Å². The zero-order chi connectivity index (χ0) is 11.7. The van der Waals surface area contributed by atoms with Crippen LogP contribution in [0, 0.1) is 5.92 Å². The Morgan fingerprint density at radius 3 is 2.40 bits per heavy atom. The van der Waals surface area contributed by atoms with Gasteiger partial charge in [0.2, 0.25) is 0 Å². The van der Waals surface area contributed by atoms with Crippen LogP contribution >= 0.6 is 0 Å². The molecule has 0 aromatic heterocycles. The van der Waals surface area contributed by atoms with E-state index in [1.165, 1.54) is 0 Å². The zero-order valence-corrected chi connectivity index (χ0v) is 11.0. The maximum Gasteiger partial charge on any atom is 0.0581 e. The van der Waals surface area contributed by atoms with Gasteiger partial charge in [-0.1, -0.05) is 20.8 Å². The molecule has 0 aliphatic carbocycles. The highest BCUT2D eigenvalue weighted by Crippen LogP contribution is 2.02. The monoisotopic (exact) mass is 235 g/mol. The molecule has 0 amide bonds. The number of nitrogens with two attached hydrogens (primary N) is 1. The Labute approximate surface area is 96.2 Å². The summed E-state index contributed by atoms with van der Waals surface area (Å²) >= 11 is 0. The van der Waals surface area contributed by atoms with Crippen molar-refractivity contribution in [2.75, 3.05) is 25.5 Å². The van der Waals surface area contributed by atoms with Crippen molar-refractivity contribution in [3.63, 3.8) is 0 Å². The minimum absolute atomic E-state index is 0.198. The lowest BCUT2D eigenvalue weighted by Gasteiger charge is -2.10. The number of rotatable bonds is 9. The van der Waals surface area contributed by atoms with Crippen LogP contribution in [0.1, 0.15) is 33.6 Å². The summed E-state index contributed by atoms with van der Waals surface area (Å²) in [5.41, 5.74) is 5.41. The topological polar surface area (TPSA) is 52.3 Å². The first-order valence-corrected chi connectivity index (χ1v) is 7.11. The van der Waals surface area contributed by atoms with E-state index in [0.29, 0.717) is 24.8 Å². The normalized spacial score (nSPS) is 15.5. The average Bonchev–Trinajstić information content (AvgIpc) is 2.16. The fourth-order valence-electron chi connectivity index (χ4n) is 1.13. The molecule has 2 N–H and O–H groups in total. The van der Waals surface area contributed by atoms with Crippen LogP contribution in [0.4, 0.5) is 0 Å². The summed E-state index contributed by atoms with van der Waals surface area (Å²) in [5.74, 6) is 1.31. The second-order valence-electron chi connectivity index (χ2n) is 4.27. The molecule has 0 spiro atoms. The third-order valence-electron chi connectivity index (χ3n) is 2.29. The van der Waals surface area contributed by atoms with Crippen LogP contribution in [0.2, 0.25) is 0 Å². The fourth-order valence-corrected chi connectivity index (χ4v) is 2.21. The quantitative estimate of drug-likeness (QED) is 0.617. The van der Waals surface area contributed by atoms with Gasteiger partial charge < -0.3 is 10.5 Å². The summed E-state index contributed by atoms with van der Waals surface area (Å²) in [5, 5.41) is 0.198. The highest BCUT2D eigenvalue weighted by Gasteiger charge is 2.09. The Kier molecular flexibility index (Phi) is 9.35. The van der Waals surface area contributed by atoms with Gasteiger partial charge in [-0.3, -0.25) is 4.21 Å². The fraction of sp³-hybridized carbons (Fsp3) is 1.00. The Morgan fingerprint density at radius 1 is 1.20 bits per heavy atom. The van der Waals surface area contributed by atoms with E-state index in [9.17, 15) is 4.21 Å². The van der Waals surface area contributed by atoms with Crippen LogP contribution in [0.25, 0.3) is 0 Å². The van der Waals surface area contributed by atoms with Gasteiger partial charge in [0.1, 0.15) is 0 Å². The van der Waals surface area contributed by atoms with Crippen molar-refractivity contribution in [2.45, 2.75) is 38.9 Å². The smallest absolute Gasteiger partial charge is 0.0581 e. The third-order valence-corrected chi connectivity index (χ3v) is 3.99. The van der Waals surface area contributed by atoms with Crippen molar-refractivity contribution in [1.29, 1.82) is 0 Å². The third kappa shape index (κ3) is 9.03. The first-order chi connectivity index (χ1) is 7.07. The van der Waals surface area contributed by atoms with Crippen molar-refractivity contribution in [1.82, 2.24) is 0 Å². The Bertz CT molecular complexity index is 174. The maximum atomic E-state index is 11.6. The molecule has 0 radical (unpaired) electrons. The predicted octanol–water partition coefficient (Wildman–Crippen LogP) is 1.54. The molecule has 92 valence electrons. The van der Waals surface area contributed by atoms with Crippen molar-refractivity contribution >= 4 is 10.8 Å². The lowest BCUT2D eigenvalue weighted by Crippen LogP contribution is -2.20. The number of hydrogen-bond acceptors (Lipinski definition) is 3. The van der Waals surface area contributed by atoms with Crippen LogP contribution in [0.5, 0.6) is 0 Å². The van der Waals surface area contributed by atoms with Gasteiger partial charge >= 0.3 is 0 Å². The van der Waals surface area contributed by atoms with E-state index in [1.54, 1.807) is 0 Å². The van der Waals surface area contributed by atoms with Gasteiger partial charge in [-0.15, -0.1) is 0 Å². The van der Waals surface area contributed by atoms with Gasteiger partial charge in [0.25, 0.3) is 0 Å². The first kappa shape index (κ1) is 15.1. The molecule has 4 heteroatoms. The Balaban J connectivity index is 3.38. The van der Waals surface area contributed by atoms with E-state index in [0.717, 1.165) is 19.4 Å². The number of ether oxygens (including phenoxy) is 1. The second-order valence-corrected chi connectivity index (χ2v) is 6.24. The predicted molar refractivity (Wildman–Crippen MR) is 66.4 cm³/mol. The van der Waals surface area contributed by atoms with Crippen molar-refractivity contribution < 1.29 is 8.95 Å². The lowest BCUT2D eigenvalue weighted by molar-refractivity contribution is 0.138. The summed E-state index contributed by atoms with van der Waals surface area (Å²) in [6.07, 6.45) is 1.91. The second kappa shape index (κ2) is 9.31. The average molecular weight is 235 g/mol. The Morgan fingerprint density at radius 2 is 1.87 bits per heavy atom. The zero-order valence-electron chi connectivity index (χ0n) is 10.2. The molecule has 0 fully saturated rings. The van der Waals surface area contributed by atoms with Gasteiger partial charge in [0, 0.05) is 28.4 Å². The van der Waals surface area contributed by atoms with Crippen LogP contribution in [-0.2, 0) is 15.5 Å². The standard InChI is InChI=1S/C11H25NO2S/c1-10(2)5-7-14-8-9-15(13)11(3)4-6-12/h10-11H,4-9,12H2,1-3H3. The molecule has 0 aliphatic rings. The maximum absolute atomic E-state index is 11.6. The lowest BCUT2D eigenvalue weighted by atomic mass is 10.1. The molecule has 0 aromatic carbocycles. The van der Waals surface area contributed by atoms with Gasteiger partial charge in [0.15, 0.2) is 0 Å². The molecule has 0 aromatic rings. The molecule has 2 atom stereocenters. The van der Waals surface area contributed by atoms with Crippen LogP contribution in [0.3, 0.4) is 0 Å². The summed E-state index contributed by atoms with van der Waals surface area (Å²) in [7, 11) is -0.784. The summed E-state index contributed by atoms with van der Waals surface area (Å²) in [4.78, 5) is 0. The molecule has 0 aliphatic heterocycles. The SMILES string of the molecule is CC(C)CCOCCS(=O)C(C)CCN. The molecule has 3 nitrogen and oxygen atoms in total. The molecule has 0 bridgehead atoms. The minimum Gasteiger partial charge on any atom is -0.380 e. The van der Waals surface area contributed by atoms with E-state index in [1.807, 2.05) is 6.92 Å².